The molecular formula is C20H15FN4OS. The van der Waals surface area contributed by atoms with Gasteiger partial charge >= 0.3 is 0 Å². The average Bonchev–Trinajstić information content (AvgIpc) is 3.04. The molecule has 0 aliphatic heterocycles. The van der Waals surface area contributed by atoms with Crippen LogP contribution in [0.5, 0.6) is 0 Å². The maximum absolute atomic E-state index is 14.0. The topological polar surface area (TPSA) is 80.0 Å². The minimum Gasteiger partial charge on any atom is -0.375 e. The summed E-state index contributed by atoms with van der Waals surface area (Å²) in [5.41, 5.74) is 8.22. The van der Waals surface area contributed by atoms with Crippen molar-refractivity contribution in [3.63, 3.8) is 0 Å². The van der Waals surface area contributed by atoms with Gasteiger partial charge in [-0.1, -0.05) is 35.3 Å². The normalized spacial score (nSPS) is 9.93. The monoisotopic (exact) mass is 378 g/mol. The van der Waals surface area contributed by atoms with Gasteiger partial charge in [-0.25, -0.2) is 9.37 Å². The molecule has 0 aliphatic carbocycles. The summed E-state index contributed by atoms with van der Waals surface area (Å²) in [6.07, 6.45) is 5.01. The molecule has 2 aromatic carbocycles. The van der Waals surface area contributed by atoms with Gasteiger partial charge in [0.05, 0.1) is 11.2 Å². The lowest BCUT2D eigenvalue weighted by atomic mass is 10.2. The third-order valence-corrected chi connectivity index (χ3v) is 4.42. The molecule has 27 heavy (non-hydrogen) atoms. The van der Waals surface area contributed by atoms with E-state index in [1.54, 1.807) is 6.07 Å². The number of hydrogen-bond acceptors (Lipinski definition) is 5. The standard InChI is InChI=1S/C20H15FN4OS/c1-2-18(26)24-12-14-5-3-7-15(9-14)23-8-4-6-13-10-16(21)19-17(11-13)27-20(22)25-19/h1,3,5,7,9-11,23H,8,12H2,(H2,22,25)(H,24,26). The number of rotatable bonds is 4. The first-order valence-corrected chi connectivity index (χ1v) is 8.78. The summed E-state index contributed by atoms with van der Waals surface area (Å²) in [6.45, 7) is 0.728. The number of terminal acetylenes is 1. The largest absolute Gasteiger partial charge is 0.375 e. The summed E-state index contributed by atoms with van der Waals surface area (Å²) in [7, 11) is 0. The van der Waals surface area contributed by atoms with E-state index in [4.69, 9.17) is 12.2 Å². The molecule has 0 fully saturated rings. The second-order valence-corrected chi connectivity index (χ2v) is 6.60. The number of fused-ring (bicyclic) bond motifs is 1. The van der Waals surface area contributed by atoms with Crippen LogP contribution in [0.15, 0.2) is 36.4 Å². The van der Waals surface area contributed by atoms with Gasteiger partial charge in [0.2, 0.25) is 0 Å². The number of nitrogens with two attached hydrogens (primary N) is 1. The predicted octanol–water partition coefficient (Wildman–Crippen LogP) is 2.73. The fraction of sp³-hybridized carbons (Fsp3) is 0.100. The first-order valence-electron chi connectivity index (χ1n) is 7.97. The smallest absolute Gasteiger partial charge is 0.295 e. The Morgan fingerprint density at radius 3 is 3.00 bits per heavy atom. The van der Waals surface area contributed by atoms with E-state index >= 15 is 0 Å². The van der Waals surface area contributed by atoms with Crippen LogP contribution in [0, 0.1) is 30.0 Å². The number of thiazole rings is 1. The number of nitrogen functional groups attached to an aromatic ring is 1. The zero-order valence-electron chi connectivity index (χ0n) is 14.2. The van der Waals surface area contributed by atoms with Crippen LogP contribution >= 0.6 is 11.3 Å². The van der Waals surface area contributed by atoms with Gasteiger partial charge in [0.15, 0.2) is 10.9 Å². The second kappa shape index (κ2) is 8.22. The fourth-order valence-electron chi connectivity index (χ4n) is 2.40. The van der Waals surface area contributed by atoms with Crippen molar-refractivity contribution in [3.05, 3.63) is 53.3 Å². The molecule has 1 heterocycles. The Hall–Kier alpha value is -3.55. The highest BCUT2D eigenvalue weighted by Gasteiger charge is 2.07. The van der Waals surface area contributed by atoms with Crippen LogP contribution in [0.2, 0.25) is 0 Å². The molecule has 0 spiro atoms. The van der Waals surface area contributed by atoms with Crippen molar-refractivity contribution in [1.29, 1.82) is 0 Å². The summed E-state index contributed by atoms with van der Waals surface area (Å²) >= 11 is 1.23. The SMILES string of the molecule is C#CC(=O)NCc1cccc(NCC#Cc2cc(F)c3nc(N)sc3c2)c1. The molecule has 4 N–H and O–H groups in total. The van der Waals surface area contributed by atoms with Crippen LogP contribution in [0.25, 0.3) is 10.2 Å². The Kier molecular flexibility index (Phi) is 5.55. The lowest BCUT2D eigenvalue weighted by Gasteiger charge is -2.06. The Morgan fingerprint density at radius 2 is 2.19 bits per heavy atom. The minimum absolute atomic E-state index is 0.273. The second-order valence-electron chi connectivity index (χ2n) is 5.54. The zero-order chi connectivity index (χ0) is 19.2. The van der Waals surface area contributed by atoms with Crippen LogP contribution in [-0.4, -0.2) is 17.4 Å². The fourth-order valence-corrected chi connectivity index (χ4v) is 3.18. The summed E-state index contributed by atoms with van der Waals surface area (Å²) in [5.74, 6) is 7.00. The molecule has 0 unspecified atom stereocenters. The molecule has 0 saturated heterocycles. The third kappa shape index (κ3) is 4.75. The Morgan fingerprint density at radius 1 is 1.33 bits per heavy atom. The molecule has 134 valence electrons. The Bertz CT molecular complexity index is 1100. The van der Waals surface area contributed by atoms with Crippen molar-refractivity contribution >= 4 is 38.3 Å². The molecule has 3 aromatic rings. The van der Waals surface area contributed by atoms with E-state index in [1.165, 1.54) is 17.4 Å². The highest BCUT2D eigenvalue weighted by molar-refractivity contribution is 7.22. The van der Waals surface area contributed by atoms with Crippen molar-refractivity contribution < 1.29 is 9.18 Å². The lowest BCUT2D eigenvalue weighted by molar-refractivity contribution is -0.115. The van der Waals surface area contributed by atoms with E-state index in [0.717, 1.165) is 11.3 Å². The van der Waals surface area contributed by atoms with Gasteiger partial charge in [0.25, 0.3) is 5.91 Å². The molecule has 0 bridgehead atoms. The van der Waals surface area contributed by atoms with E-state index in [9.17, 15) is 9.18 Å². The minimum atomic E-state index is -0.453. The van der Waals surface area contributed by atoms with Crippen LogP contribution in [-0.2, 0) is 11.3 Å². The number of nitrogens with one attached hydrogen (secondary N) is 2. The lowest BCUT2D eigenvalue weighted by Crippen LogP contribution is -2.20. The van der Waals surface area contributed by atoms with Gasteiger partial charge in [0, 0.05) is 17.8 Å². The molecule has 7 heteroatoms. The van der Waals surface area contributed by atoms with Crippen molar-refractivity contribution in [3.8, 4) is 24.2 Å². The van der Waals surface area contributed by atoms with E-state index in [-0.39, 0.29) is 5.52 Å². The summed E-state index contributed by atoms with van der Waals surface area (Å²) in [5, 5.41) is 6.10. The molecular weight excluding hydrogens is 363 g/mol. The van der Waals surface area contributed by atoms with Crippen LogP contribution < -0.4 is 16.4 Å². The molecule has 1 amide bonds. The number of aromatic nitrogens is 1. The summed E-state index contributed by atoms with van der Waals surface area (Å²) in [4.78, 5) is 15.1. The van der Waals surface area contributed by atoms with Crippen LogP contribution in [0.3, 0.4) is 0 Å². The number of hydrogen-bond donors (Lipinski definition) is 3. The Balaban J connectivity index is 1.62. The number of halogens is 1. The van der Waals surface area contributed by atoms with Crippen molar-refractivity contribution in [2.75, 3.05) is 17.6 Å². The molecule has 3 rings (SSSR count). The molecule has 1 aromatic heterocycles. The number of carbonyl (C=O) groups excluding carboxylic acids is 1. The maximum Gasteiger partial charge on any atom is 0.295 e. The third-order valence-electron chi connectivity index (χ3n) is 3.59. The van der Waals surface area contributed by atoms with E-state index in [2.05, 4.69) is 27.5 Å². The highest BCUT2D eigenvalue weighted by atomic mass is 32.1. The van der Waals surface area contributed by atoms with Crippen molar-refractivity contribution in [1.82, 2.24) is 10.3 Å². The van der Waals surface area contributed by atoms with E-state index < -0.39 is 11.7 Å². The summed E-state index contributed by atoms with van der Waals surface area (Å²) in [6, 6.07) is 10.7. The van der Waals surface area contributed by atoms with Gasteiger partial charge in [-0.3, -0.25) is 4.79 Å². The van der Waals surface area contributed by atoms with E-state index in [1.807, 2.05) is 30.2 Å². The van der Waals surface area contributed by atoms with Crippen molar-refractivity contribution in [2.45, 2.75) is 6.54 Å². The van der Waals surface area contributed by atoms with Gasteiger partial charge in [0.1, 0.15) is 5.52 Å². The number of carbonyl (C=O) groups is 1. The predicted molar refractivity (Wildman–Crippen MR) is 106 cm³/mol. The van der Waals surface area contributed by atoms with Gasteiger partial charge < -0.3 is 16.4 Å². The molecule has 0 radical (unpaired) electrons. The number of benzene rings is 2. The van der Waals surface area contributed by atoms with Crippen LogP contribution in [0.1, 0.15) is 11.1 Å². The number of nitrogens with zero attached hydrogens (tertiary/aromatic N) is 1. The zero-order valence-corrected chi connectivity index (χ0v) is 15.0. The van der Waals surface area contributed by atoms with E-state index in [0.29, 0.717) is 28.5 Å². The first-order chi connectivity index (χ1) is 13.0. The van der Waals surface area contributed by atoms with Gasteiger partial charge in [-0.15, -0.1) is 6.42 Å². The molecule has 5 nitrogen and oxygen atoms in total. The number of anilines is 2. The summed E-state index contributed by atoms with van der Waals surface area (Å²) < 4.78 is 14.7. The highest BCUT2D eigenvalue weighted by Crippen LogP contribution is 2.26. The van der Waals surface area contributed by atoms with Crippen LogP contribution in [0.4, 0.5) is 15.2 Å². The quantitative estimate of drug-likeness (QED) is 0.610. The Labute approximate surface area is 159 Å². The van der Waals surface area contributed by atoms with Gasteiger partial charge in [-0.2, -0.15) is 0 Å². The van der Waals surface area contributed by atoms with Gasteiger partial charge in [-0.05, 0) is 35.7 Å². The average molecular weight is 378 g/mol. The first kappa shape index (κ1) is 18.2. The maximum atomic E-state index is 14.0. The van der Waals surface area contributed by atoms with Crippen molar-refractivity contribution in [2.24, 2.45) is 0 Å². The molecule has 0 aliphatic rings. The molecule has 0 saturated carbocycles. The molecule has 0 atom stereocenters. The number of amides is 1.